The van der Waals surface area contributed by atoms with Crippen LogP contribution in [0.4, 0.5) is 0 Å². The Labute approximate surface area is 160 Å². The Kier molecular flexibility index (Phi) is 5.05. The molecular formula is C19H26N2O3S2. The molecule has 3 fully saturated rings. The zero-order valence-corrected chi connectivity index (χ0v) is 16.7. The molecule has 142 valence electrons. The van der Waals surface area contributed by atoms with Gasteiger partial charge >= 0.3 is 0 Å². The zero-order valence-electron chi connectivity index (χ0n) is 15.1. The molecule has 0 spiro atoms. The predicted molar refractivity (Wildman–Crippen MR) is 103 cm³/mol. The fraction of sp³-hybridized carbons (Fsp3) is 0.632. The Hall–Kier alpha value is -1.05. The summed E-state index contributed by atoms with van der Waals surface area (Å²) in [7, 11) is -3.60. The van der Waals surface area contributed by atoms with Gasteiger partial charge in [-0.2, -0.15) is 0 Å². The van der Waals surface area contributed by atoms with Gasteiger partial charge in [0.25, 0.3) is 5.91 Å². The number of carbonyl (C=O) groups excluding carboxylic acids is 1. The van der Waals surface area contributed by atoms with Crippen LogP contribution >= 0.6 is 11.8 Å². The second-order valence-electron chi connectivity index (χ2n) is 7.76. The summed E-state index contributed by atoms with van der Waals surface area (Å²) in [5.41, 5.74) is 0.509. The van der Waals surface area contributed by atoms with Crippen LogP contribution in [0.2, 0.25) is 0 Å². The smallest absolute Gasteiger partial charge is 0.255 e. The number of likely N-dealkylation sites (tertiary alicyclic amines) is 1. The van der Waals surface area contributed by atoms with Crippen molar-refractivity contribution < 1.29 is 13.2 Å². The molecule has 1 aromatic carbocycles. The lowest BCUT2D eigenvalue weighted by molar-refractivity contribution is 0.0789. The second-order valence-corrected chi connectivity index (χ2v) is 10.3. The third kappa shape index (κ3) is 3.41. The molecule has 2 saturated carbocycles. The lowest BCUT2D eigenvalue weighted by atomic mass is 9.96. The molecule has 0 radical (unpaired) electrons. The number of carbonyl (C=O) groups is 1. The van der Waals surface area contributed by atoms with Gasteiger partial charge in [-0.1, -0.05) is 6.42 Å². The number of nitrogens with one attached hydrogen (secondary N) is 1. The lowest BCUT2D eigenvalue weighted by Crippen LogP contribution is -2.38. The van der Waals surface area contributed by atoms with Crippen LogP contribution in [0.5, 0.6) is 0 Å². The van der Waals surface area contributed by atoms with Crippen LogP contribution in [-0.2, 0) is 10.0 Å². The summed E-state index contributed by atoms with van der Waals surface area (Å²) >= 11 is 1.48. The summed E-state index contributed by atoms with van der Waals surface area (Å²) in [5.74, 6) is 1.11. The van der Waals surface area contributed by atoms with E-state index < -0.39 is 10.0 Å². The largest absolute Gasteiger partial charge is 0.339 e. The molecule has 1 amide bonds. The Morgan fingerprint density at radius 2 is 1.96 bits per heavy atom. The summed E-state index contributed by atoms with van der Waals surface area (Å²) in [4.78, 5) is 15.7. The number of rotatable bonds is 5. The van der Waals surface area contributed by atoms with E-state index in [0.717, 1.165) is 50.1 Å². The van der Waals surface area contributed by atoms with E-state index in [-0.39, 0.29) is 16.8 Å². The number of fused-ring (bicyclic) bond motifs is 2. The van der Waals surface area contributed by atoms with Gasteiger partial charge in [-0.3, -0.25) is 4.79 Å². The Balaban J connectivity index is 1.59. The van der Waals surface area contributed by atoms with E-state index in [2.05, 4.69) is 4.72 Å². The molecule has 0 unspecified atom stereocenters. The molecule has 1 aliphatic heterocycles. The van der Waals surface area contributed by atoms with Crippen molar-refractivity contribution in [3.63, 3.8) is 0 Å². The molecule has 2 aliphatic carbocycles. The highest BCUT2D eigenvalue weighted by Crippen LogP contribution is 2.44. The first kappa shape index (κ1) is 18.3. The minimum absolute atomic E-state index is 0.0520. The Bertz CT molecular complexity index is 803. The van der Waals surface area contributed by atoms with Crippen LogP contribution in [0.1, 0.15) is 48.9 Å². The van der Waals surface area contributed by atoms with Gasteiger partial charge in [-0.25, -0.2) is 13.1 Å². The number of amides is 1. The number of sulfonamides is 1. The van der Waals surface area contributed by atoms with Gasteiger partial charge in [0.2, 0.25) is 10.0 Å². The molecule has 3 aliphatic rings. The molecule has 1 aromatic rings. The molecule has 2 bridgehead atoms. The molecule has 1 heterocycles. The maximum Gasteiger partial charge on any atom is 0.255 e. The maximum atomic E-state index is 12.9. The van der Waals surface area contributed by atoms with Crippen LogP contribution in [0.25, 0.3) is 0 Å². The SMILES string of the molecule is CSc1ccc(S(=O)(=O)N[C@H]2C[C@H]3CC[C@H]2C3)cc1C(=O)N1CCCC1. The van der Waals surface area contributed by atoms with Gasteiger partial charge in [0.05, 0.1) is 10.5 Å². The van der Waals surface area contributed by atoms with Gasteiger partial charge in [0.15, 0.2) is 0 Å². The van der Waals surface area contributed by atoms with Crippen molar-refractivity contribution in [1.29, 1.82) is 0 Å². The highest BCUT2D eigenvalue weighted by Gasteiger charge is 2.41. The number of hydrogen-bond donors (Lipinski definition) is 1. The van der Waals surface area contributed by atoms with E-state index in [1.165, 1.54) is 18.2 Å². The van der Waals surface area contributed by atoms with E-state index in [4.69, 9.17) is 0 Å². The number of nitrogens with zero attached hydrogens (tertiary/aromatic N) is 1. The normalized spacial score (nSPS) is 28.0. The van der Waals surface area contributed by atoms with Crippen molar-refractivity contribution in [3.8, 4) is 0 Å². The summed E-state index contributed by atoms with van der Waals surface area (Å²) in [5, 5.41) is 0. The monoisotopic (exact) mass is 394 g/mol. The summed E-state index contributed by atoms with van der Waals surface area (Å²) < 4.78 is 28.8. The average Bonchev–Trinajstić information content (AvgIpc) is 3.38. The number of benzene rings is 1. The van der Waals surface area contributed by atoms with Crippen molar-refractivity contribution in [1.82, 2.24) is 9.62 Å². The summed E-state index contributed by atoms with van der Waals surface area (Å²) in [6, 6.07) is 5.02. The van der Waals surface area contributed by atoms with Crippen LogP contribution in [-0.4, -0.2) is 44.6 Å². The Morgan fingerprint density at radius 3 is 2.58 bits per heavy atom. The quantitative estimate of drug-likeness (QED) is 0.780. The van der Waals surface area contributed by atoms with Crippen molar-refractivity contribution in [3.05, 3.63) is 23.8 Å². The molecule has 0 aromatic heterocycles. The molecule has 5 nitrogen and oxygen atoms in total. The van der Waals surface area contributed by atoms with Gasteiger partial charge in [0.1, 0.15) is 0 Å². The van der Waals surface area contributed by atoms with Crippen LogP contribution in [0.15, 0.2) is 28.0 Å². The highest BCUT2D eigenvalue weighted by molar-refractivity contribution is 7.98. The standard InChI is InChI=1S/C19H26N2O3S2/c1-25-18-7-6-15(12-16(18)19(22)21-8-2-3-9-21)26(23,24)20-17-11-13-4-5-14(17)10-13/h6-7,12-14,17,20H,2-5,8-11H2,1H3/t13-,14-,17-/m0/s1. The Morgan fingerprint density at radius 1 is 1.19 bits per heavy atom. The van der Waals surface area contributed by atoms with Crippen molar-refractivity contribution in [2.24, 2.45) is 11.8 Å². The average molecular weight is 395 g/mol. The van der Waals surface area contributed by atoms with Gasteiger partial charge in [-0.15, -0.1) is 11.8 Å². The summed E-state index contributed by atoms with van der Waals surface area (Å²) in [6.07, 6.45) is 8.41. The first-order valence-electron chi connectivity index (χ1n) is 9.47. The summed E-state index contributed by atoms with van der Waals surface area (Å²) in [6.45, 7) is 1.51. The minimum atomic E-state index is -3.60. The predicted octanol–water partition coefficient (Wildman–Crippen LogP) is 3.11. The van der Waals surface area contributed by atoms with Crippen molar-refractivity contribution in [2.45, 2.75) is 54.4 Å². The third-order valence-corrected chi connectivity index (χ3v) is 8.43. The van der Waals surface area contributed by atoms with E-state index in [1.807, 2.05) is 11.2 Å². The van der Waals surface area contributed by atoms with Crippen LogP contribution < -0.4 is 4.72 Å². The van der Waals surface area contributed by atoms with Gasteiger partial charge < -0.3 is 4.90 Å². The highest BCUT2D eigenvalue weighted by atomic mass is 32.2. The lowest BCUT2D eigenvalue weighted by Gasteiger charge is -2.23. The van der Waals surface area contributed by atoms with Crippen molar-refractivity contribution >= 4 is 27.7 Å². The molecule has 1 N–H and O–H groups in total. The molecule has 4 rings (SSSR count). The second kappa shape index (κ2) is 7.17. The number of thioether (sulfide) groups is 1. The zero-order chi connectivity index (χ0) is 18.3. The van der Waals surface area contributed by atoms with E-state index >= 15 is 0 Å². The topological polar surface area (TPSA) is 66.5 Å². The molecular weight excluding hydrogens is 368 g/mol. The van der Waals surface area contributed by atoms with Crippen LogP contribution in [0.3, 0.4) is 0 Å². The van der Waals surface area contributed by atoms with Gasteiger partial charge in [0, 0.05) is 24.0 Å². The minimum Gasteiger partial charge on any atom is -0.339 e. The van der Waals surface area contributed by atoms with Gasteiger partial charge in [-0.05, 0) is 68.4 Å². The fourth-order valence-electron chi connectivity index (χ4n) is 4.77. The molecule has 7 heteroatoms. The first-order chi connectivity index (χ1) is 12.5. The van der Waals surface area contributed by atoms with Crippen molar-refractivity contribution in [2.75, 3.05) is 19.3 Å². The fourth-order valence-corrected chi connectivity index (χ4v) is 6.68. The molecule has 1 saturated heterocycles. The van der Waals surface area contributed by atoms with E-state index in [0.29, 0.717) is 17.4 Å². The molecule has 26 heavy (non-hydrogen) atoms. The first-order valence-corrected chi connectivity index (χ1v) is 12.2. The van der Waals surface area contributed by atoms with Crippen LogP contribution in [0, 0.1) is 11.8 Å². The third-order valence-electron chi connectivity index (χ3n) is 6.15. The number of hydrogen-bond acceptors (Lipinski definition) is 4. The van der Waals surface area contributed by atoms with E-state index in [1.54, 1.807) is 18.2 Å². The molecule has 3 atom stereocenters. The van der Waals surface area contributed by atoms with E-state index in [9.17, 15) is 13.2 Å². The maximum absolute atomic E-state index is 12.9.